The molecule has 0 spiro atoms. The third-order valence-electron chi connectivity index (χ3n) is 15.5. The Morgan fingerprint density at radius 1 is 0.462 bits per heavy atom. The van der Waals surface area contributed by atoms with Crippen molar-refractivity contribution < 1.29 is 89.4 Å². The van der Waals surface area contributed by atoms with E-state index in [-0.39, 0.29) is 18.9 Å². The first-order valence-corrected chi connectivity index (χ1v) is 30.6. The normalized spacial score (nSPS) is 30.6. The molecule has 3 aliphatic rings. The number of carbonyl (C=O) groups is 1. The summed E-state index contributed by atoms with van der Waals surface area (Å²) in [5.41, 5.74) is 0. The highest BCUT2D eigenvalue weighted by atomic mass is 16.8. The van der Waals surface area contributed by atoms with E-state index in [0.717, 1.165) is 51.4 Å². The maximum absolute atomic E-state index is 13.3. The second-order valence-electron chi connectivity index (χ2n) is 22.2. The van der Waals surface area contributed by atoms with Gasteiger partial charge in [0.05, 0.1) is 38.6 Å². The van der Waals surface area contributed by atoms with E-state index >= 15 is 0 Å². The molecule has 3 saturated heterocycles. The summed E-state index contributed by atoms with van der Waals surface area (Å²) < 4.78 is 34.2. The molecular weight excluding hydrogens is 1010 g/mol. The van der Waals surface area contributed by atoms with Gasteiger partial charge in [-0.3, -0.25) is 4.79 Å². The highest BCUT2D eigenvalue weighted by Gasteiger charge is 2.53. The molecule has 0 aliphatic carbocycles. The van der Waals surface area contributed by atoms with Crippen LogP contribution >= 0.6 is 0 Å². The van der Waals surface area contributed by atoms with Crippen LogP contribution in [0.1, 0.15) is 213 Å². The quantitative estimate of drug-likeness (QED) is 0.0263. The van der Waals surface area contributed by atoms with Crippen molar-refractivity contribution in [2.45, 2.75) is 317 Å². The number of rotatable bonds is 45. The summed E-state index contributed by atoms with van der Waals surface area (Å²) in [7, 11) is 0. The zero-order chi connectivity index (χ0) is 56.9. The summed E-state index contributed by atoms with van der Waals surface area (Å²) in [6.45, 7) is 1.73. The van der Waals surface area contributed by atoms with Gasteiger partial charge in [-0.05, 0) is 44.9 Å². The number of carbonyl (C=O) groups excluding carboxylic acids is 1. The third-order valence-corrected chi connectivity index (χ3v) is 15.5. The van der Waals surface area contributed by atoms with Crippen LogP contribution < -0.4 is 5.32 Å². The summed E-state index contributed by atoms with van der Waals surface area (Å²) in [4.78, 5) is 13.3. The average molecular weight is 1120 g/mol. The molecule has 0 aromatic carbocycles. The Hall–Kier alpha value is -1.73. The molecular formula is C59H109NO18. The van der Waals surface area contributed by atoms with Crippen LogP contribution in [0.4, 0.5) is 0 Å². The Kier molecular flexibility index (Phi) is 38.9. The van der Waals surface area contributed by atoms with Gasteiger partial charge in [-0.25, -0.2) is 0 Å². The van der Waals surface area contributed by atoms with Gasteiger partial charge < -0.3 is 89.9 Å². The van der Waals surface area contributed by atoms with Crippen molar-refractivity contribution in [2.24, 2.45) is 0 Å². The smallest absolute Gasteiger partial charge is 0.220 e. The first-order valence-electron chi connectivity index (χ1n) is 30.6. The zero-order valence-corrected chi connectivity index (χ0v) is 47.7. The van der Waals surface area contributed by atoms with Gasteiger partial charge in [-0.15, -0.1) is 0 Å². The van der Waals surface area contributed by atoms with E-state index in [9.17, 15) is 61.0 Å². The molecule has 1 amide bonds. The number of amides is 1. The lowest BCUT2D eigenvalue weighted by molar-refractivity contribution is -0.379. The van der Waals surface area contributed by atoms with Crippen LogP contribution in [0.2, 0.25) is 0 Å². The first-order chi connectivity index (χ1) is 37.8. The maximum Gasteiger partial charge on any atom is 0.220 e. The largest absolute Gasteiger partial charge is 0.394 e. The minimum Gasteiger partial charge on any atom is -0.394 e. The van der Waals surface area contributed by atoms with E-state index in [1.165, 1.54) is 128 Å². The molecule has 12 N–H and O–H groups in total. The number of hydrogen-bond acceptors (Lipinski definition) is 18. The molecule has 3 heterocycles. The van der Waals surface area contributed by atoms with E-state index in [1.807, 2.05) is 0 Å². The molecule has 19 nitrogen and oxygen atoms in total. The van der Waals surface area contributed by atoms with Crippen LogP contribution in [0.15, 0.2) is 24.3 Å². The molecule has 3 rings (SSSR count). The number of unbranched alkanes of at least 4 members (excludes halogenated alkanes) is 25. The highest BCUT2D eigenvalue weighted by molar-refractivity contribution is 5.76. The van der Waals surface area contributed by atoms with Gasteiger partial charge in [0.25, 0.3) is 0 Å². The van der Waals surface area contributed by atoms with Crippen LogP contribution in [0.25, 0.3) is 0 Å². The lowest BCUT2D eigenvalue weighted by Gasteiger charge is -2.48. The number of ether oxygens (including phenoxy) is 6. The number of aliphatic hydroxyl groups is 11. The Morgan fingerprint density at radius 2 is 0.846 bits per heavy atom. The number of allylic oxidation sites excluding steroid dienone is 4. The fourth-order valence-corrected chi connectivity index (χ4v) is 10.5. The van der Waals surface area contributed by atoms with Crippen LogP contribution in [0.3, 0.4) is 0 Å². The van der Waals surface area contributed by atoms with Crippen LogP contribution in [-0.2, 0) is 33.2 Å². The standard InChI is InChI=1S/C59H109NO18/c1-3-5-7-9-11-13-14-15-16-17-18-19-20-21-22-23-24-25-26-27-28-29-31-33-35-37-47(65)60-42(43(64)36-34-32-30-12-10-8-6-4-2)41-73-57-53(71)50(68)55(45(39-62)75-57)78-59-54(72)51(69)56(46(40-63)76-59)77-58-52(70)49(67)48(66)44(38-61)74-58/h14-15,17-18,42-46,48-59,61-64,66-72H,3-13,16,19-41H2,1-2H3,(H,60,65)/b15-14-,18-17-. The molecule has 0 aromatic heterocycles. The van der Waals surface area contributed by atoms with E-state index in [0.29, 0.717) is 12.8 Å². The summed E-state index contributed by atoms with van der Waals surface area (Å²) in [6, 6.07) is -0.883. The Morgan fingerprint density at radius 3 is 1.31 bits per heavy atom. The summed E-state index contributed by atoms with van der Waals surface area (Å²) in [6.07, 6.45) is 17.3. The van der Waals surface area contributed by atoms with Crippen LogP contribution in [0, 0.1) is 0 Å². The number of nitrogens with one attached hydrogen (secondary N) is 1. The van der Waals surface area contributed by atoms with Gasteiger partial charge in [0.1, 0.15) is 73.2 Å². The molecule has 3 fully saturated rings. The first kappa shape index (κ1) is 70.5. The lowest BCUT2D eigenvalue weighted by atomic mass is 9.96. The Balaban J connectivity index is 1.40. The van der Waals surface area contributed by atoms with Crippen LogP contribution in [0.5, 0.6) is 0 Å². The molecule has 17 unspecified atom stereocenters. The van der Waals surface area contributed by atoms with Crippen molar-refractivity contribution >= 4 is 5.91 Å². The highest BCUT2D eigenvalue weighted by Crippen LogP contribution is 2.33. The van der Waals surface area contributed by atoms with Crippen molar-refractivity contribution in [1.29, 1.82) is 0 Å². The van der Waals surface area contributed by atoms with E-state index in [4.69, 9.17) is 28.4 Å². The van der Waals surface area contributed by atoms with Gasteiger partial charge in [-0.2, -0.15) is 0 Å². The molecule has 0 bridgehead atoms. The monoisotopic (exact) mass is 1120 g/mol. The van der Waals surface area contributed by atoms with Gasteiger partial charge in [0, 0.05) is 6.42 Å². The van der Waals surface area contributed by atoms with E-state index in [1.54, 1.807) is 0 Å². The summed E-state index contributed by atoms with van der Waals surface area (Å²) in [5, 5.41) is 120. The number of hydrogen-bond donors (Lipinski definition) is 12. The third kappa shape index (κ3) is 26.7. The van der Waals surface area contributed by atoms with Gasteiger partial charge in [-0.1, -0.05) is 186 Å². The van der Waals surface area contributed by atoms with Crippen molar-refractivity contribution in [3.05, 3.63) is 24.3 Å². The summed E-state index contributed by atoms with van der Waals surface area (Å²) >= 11 is 0. The molecule has 0 radical (unpaired) electrons. The SMILES string of the molecule is CCCCCCC/C=C\C/C=C\CCCCCCCCCCCCCCCC(=O)NC(COC1OC(CO)C(OC2OC(CO)C(OC3OC(CO)C(O)C(O)C3O)C(O)C2O)C(O)C1O)C(O)CCCCCCCCCC. The fraction of sp³-hybridized carbons (Fsp3) is 0.915. The molecule has 3 aliphatic heterocycles. The predicted octanol–water partition coefficient (Wildman–Crippen LogP) is 5.54. The van der Waals surface area contributed by atoms with Gasteiger partial charge in [0.2, 0.25) is 5.91 Å². The van der Waals surface area contributed by atoms with Crippen molar-refractivity contribution in [2.75, 3.05) is 26.4 Å². The lowest BCUT2D eigenvalue weighted by Crippen LogP contribution is -2.66. The minimum atomic E-state index is -1.97. The molecule has 0 saturated carbocycles. The zero-order valence-electron chi connectivity index (χ0n) is 47.7. The molecule has 458 valence electrons. The molecule has 19 heteroatoms. The van der Waals surface area contributed by atoms with E-state index in [2.05, 4.69) is 43.5 Å². The molecule has 78 heavy (non-hydrogen) atoms. The summed E-state index contributed by atoms with van der Waals surface area (Å²) in [5.74, 6) is -0.247. The second-order valence-corrected chi connectivity index (χ2v) is 22.2. The second kappa shape index (κ2) is 43.0. The van der Waals surface area contributed by atoms with E-state index < -0.39 is 124 Å². The molecule has 17 atom stereocenters. The Labute approximate surface area is 467 Å². The van der Waals surface area contributed by atoms with Gasteiger partial charge >= 0.3 is 0 Å². The topological polar surface area (TPSA) is 307 Å². The fourth-order valence-electron chi connectivity index (χ4n) is 10.5. The Bertz CT molecular complexity index is 1530. The predicted molar refractivity (Wildman–Crippen MR) is 296 cm³/mol. The molecule has 0 aromatic rings. The maximum atomic E-state index is 13.3. The number of aliphatic hydroxyl groups excluding tert-OH is 11. The minimum absolute atomic E-state index is 0.247. The van der Waals surface area contributed by atoms with Crippen molar-refractivity contribution in [3.8, 4) is 0 Å². The van der Waals surface area contributed by atoms with Gasteiger partial charge in [0.15, 0.2) is 18.9 Å². The van der Waals surface area contributed by atoms with Crippen molar-refractivity contribution in [1.82, 2.24) is 5.32 Å². The van der Waals surface area contributed by atoms with Crippen molar-refractivity contribution in [3.63, 3.8) is 0 Å². The van der Waals surface area contributed by atoms with Crippen LogP contribution in [-0.4, -0.2) is 193 Å². The average Bonchev–Trinajstić information content (AvgIpc) is 3.48.